The highest BCUT2D eigenvalue weighted by Gasteiger charge is 2.23. The molecule has 2 amide bonds. The number of hydrogen-bond acceptors (Lipinski definition) is 3. The van der Waals surface area contributed by atoms with Crippen LogP contribution in [0.25, 0.3) is 10.9 Å². The third kappa shape index (κ3) is 3.91. The summed E-state index contributed by atoms with van der Waals surface area (Å²) < 4.78 is 0. The summed E-state index contributed by atoms with van der Waals surface area (Å²) in [6.45, 7) is 2.39. The molecule has 26 heavy (non-hydrogen) atoms. The van der Waals surface area contributed by atoms with Crippen molar-refractivity contribution in [3.63, 3.8) is 0 Å². The number of rotatable bonds is 6. The van der Waals surface area contributed by atoms with Crippen molar-refractivity contribution in [1.29, 1.82) is 0 Å². The molecule has 0 aliphatic heterocycles. The predicted molar refractivity (Wildman–Crippen MR) is 101 cm³/mol. The van der Waals surface area contributed by atoms with E-state index < -0.39 is 6.04 Å². The summed E-state index contributed by atoms with van der Waals surface area (Å²) in [5, 5.41) is 10.5. The molecule has 0 aliphatic rings. The predicted octanol–water partition coefficient (Wildman–Crippen LogP) is 2.73. The molecule has 0 saturated heterocycles. The van der Waals surface area contributed by atoms with Gasteiger partial charge in [-0.15, -0.1) is 0 Å². The minimum Gasteiger partial charge on any atom is -0.340 e. The van der Waals surface area contributed by atoms with Gasteiger partial charge in [0.25, 0.3) is 5.91 Å². The molecule has 0 aliphatic carbocycles. The van der Waals surface area contributed by atoms with Crippen molar-refractivity contribution >= 4 is 22.7 Å². The maximum Gasteiger partial charge on any atom is 0.251 e. The Morgan fingerprint density at radius 1 is 1.19 bits per heavy atom. The lowest BCUT2D eigenvalue weighted by Crippen LogP contribution is -2.46. The van der Waals surface area contributed by atoms with E-state index in [0.717, 1.165) is 16.5 Å². The second-order valence-electron chi connectivity index (χ2n) is 6.29. The van der Waals surface area contributed by atoms with Crippen LogP contribution < -0.4 is 5.32 Å². The second-order valence-corrected chi connectivity index (χ2v) is 6.29. The number of carbonyl (C=O) groups is 2. The number of carbonyl (C=O) groups excluding carboxylic acids is 2. The number of likely N-dealkylation sites (N-methyl/N-ethyl adjacent to an activating group) is 1. The van der Waals surface area contributed by atoms with Crippen molar-refractivity contribution in [2.45, 2.75) is 25.9 Å². The van der Waals surface area contributed by atoms with Crippen molar-refractivity contribution in [3.05, 3.63) is 65.9 Å². The monoisotopic (exact) mass is 350 g/mol. The smallest absolute Gasteiger partial charge is 0.251 e. The molecule has 2 N–H and O–H groups in total. The summed E-state index contributed by atoms with van der Waals surface area (Å²) in [6, 6.07) is 14.5. The van der Waals surface area contributed by atoms with Gasteiger partial charge in [-0.25, -0.2) is 0 Å². The first kappa shape index (κ1) is 17.7. The van der Waals surface area contributed by atoms with Crippen LogP contribution in [0.15, 0.2) is 54.7 Å². The molecule has 134 valence electrons. The molecule has 6 heteroatoms. The molecule has 0 bridgehead atoms. The summed E-state index contributed by atoms with van der Waals surface area (Å²) in [7, 11) is 1.75. The number of nitrogens with one attached hydrogen (secondary N) is 2. The Kier molecular flexibility index (Phi) is 5.31. The quantitative estimate of drug-likeness (QED) is 0.717. The Labute approximate surface area is 152 Å². The van der Waals surface area contributed by atoms with E-state index in [0.29, 0.717) is 18.5 Å². The molecule has 0 radical (unpaired) electrons. The number of fused-ring (bicyclic) bond motifs is 1. The van der Waals surface area contributed by atoms with Gasteiger partial charge in [0.1, 0.15) is 6.04 Å². The van der Waals surface area contributed by atoms with E-state index in [4.69, 9.17) is 0 Å². The first-order valence-corrected chi connectivity index (χ1v) is 8.61. The van der Waals surface area contributed by atoms with Gasteiger partial charge in [-0.1, -0.05) is 37.3 Å². The van der Waals surface area contributed by atoms with Crippen LogP contribution in [-0.2, 0) is 11.3 Å². The molecule has 0 spiro atoms. The molecular formula is C20H22N4O2. The van der Waals surface area contributed by atoms with E-state index in [-0.39, 0.29) is 11.8 Å². The lowest BCUT2D eigenvalue weighted by atomic mass is 10.1. The maximum absolute atomic E-state index is 12.7. The zero-order chi connectivity index (χ0) is 18.5. The van der Waals surface area contributed by atoms with E-state index in [2.05, 4.69) is 15.5 Å². The Balaban J connectivity index is 1.67. The highest BCUT2D eigenvalue weighted by Crippen LogP contribution is 2.13. The Hall–Kier alpha value is -3.15. The SMILES string of the molecule is CCC(NC(=O)c1ccc2[nH]ncc2c1)C(=O)N(C)Cc1ccccc1. The number of aromatic nitrogens is 2. The molecule has 1 unspecified atom stereocenters. The van der Waals surface area contributed by atoms with Crippen molar-refractivity contribution in [2.75, 3.05) is 7.05 Å². The van der Waals surface area contributed by atoms with Gasteiger partial charge >= 0.3 is 0 Å². The van der Waals surface area contributed by atoms with E-state index in [9.17, 15) is 9.59 Å². The average molecular weight is 350 g/mol. The van der Waals surface area contributed by atoms with Gasteiger partial charge in [-0.2, -0.15) is 5.10 Å². The Morgan fingerprint density at radius 2 is 1.96 bits per heavy atom. The number of aromatic amines is 1. The largest absolute Gasteiger partial charge is 0.340 e. The summed E-state index contributed by atoms with van der Waals surface area (Å²) in [5.41, 5.74) is 2.43. The lowest BCUT2D eigenvalue weighted by Gasteiger charge is -2.24. The van der Waals surface area contributed by atoms with Crippen LogP contribution in [-0.4, -0.2) is 40.0 Å². The second kappa shape index (κ2) is 7.82. The summed E-state index contributed by atoms with van der Waals surface area (Å²) in [4.78, 5) is 26.9. The number of benzene rings is 2. The fourth-order valence-electron chi connectivity index (χ4n) is 2.87. The third-order valence-corrected chi connectivity index (χ3v) is 4.35. The molecule has 0 saturated carbocycles. The van der Waals surface area contributed by atoms with E-state index in [1.165, 1.54) is 0 Å². The molecule has 1 aromatic heterocycles. The molecule has 1 heterocycles. The zero-order valence-corrected chi connectivity index (χ0v) is 14.9. The van der Waals surface area contributed by atoms with Gasteiger partial charge in [0.05, 0.1) is 11.7 Å². The highest BCUT2D eigenvalue weighted by molar-refractivity contribution is 6.00. The molecule has 3 rings (SSSR count). The van der Waals surface area contributed by atoms with Gasteiger partial charge in [0.2, 0.25) is 5.91 Å². The molecule has 0 fully saturated rings. The van der Waals surface area contributed by atoms with E-state index in [1.807, 2.05) is 43.3 Å². The Morgan fingerprint density at radius 3 is 2.69 bits per heavy atom. The van der Waals surface area contributed by atoms with Gasteiger partial charge in [-0.3, -0.25) is 14.7 Å². The van der Waals surface area contributed by atoms with Crippen LogP contribution in [0.4, 0.5) is 0 Å². The first-order valence-electron chi connectivity index (χ1n) is 8.61. The Bertz CT molecular complexity index is 904. The zero-order valence-electron chi connectivity index (χ0n) is 14.9. The van der Waals surface area contributed by atoms with Crippen molar-refractivity contribution in [2.24, 2.45) is 0 Å². The fourth-order valence-corrected chi connectivity index (χ4v) is 2.87. The molecular weight excluding hydrogens is 328 g/mol. The van der Waals surface area contributed by atoms with E-state index >= 15 is 0 Å². The van der Waals surface area contributed by atoms with Gasteiger partial charge < -0.3 is 10.2 Å². The molecule has 3 aromatic rings. The van der Waals surface area contributed by atoms with Crippen molar-refractivity contribution < 1.29 is 9.59 Å². The normalized spacial score (nSPS) is 11.9. The van der Waals surface area contributed by atoms with Crippen LogP contribution in [0.2, 0.25) is 0 Å². The van der Waals surface area contributed by atoms with Crippen molar-refractivity contribution in [3.8, 4) is 0 Å². The summed E-state index contributed by atoms with van der Waals surface area (Å²) in [6.07, 6.45) is 2.19. The molecule has 2 aromatic carbocycles. The van der Waals surface area contributed by atoms with Crippen molar-refractivity contribution in [1.82, 2.24) is 20.4 Å². The van der Waals surface area contributed by atoms with Crippen LogP contribution in [0.1, 0.15) is 29.3 Å². The third-order valence-electron chi connectivity index (χ3n) is 4.35. The molecule has 6 nitrogen and oxygen atoms in total. The van der Waals surface area contributed by atoms with Crippen LogP contribution in [0, 0.1) is 0 Å². The summed E-state index contributed by atoms with van der Waals surface area (Å²) >= 11 is 0. The average Bonchev–Trinajstić information content (AvgIpc) is 3.14. The standard InChI is InChI=1S/C20H22N4O2/c1-3-17(20(26)24(2)13-14-7-5-4-6-8-14)22-19(25)15-9-10-18-16(11-15)12-21-23-18/h4-12,17H,3,13H2,1-2H3,(H,21,23)(H,22,25). The highest BCUT2D eigenvalue weighted by atomic mass is 16.2. The minimum absolute atomic E-state index is 0.103. The van der Waals surface area contributed by atoms with Gasteiger partial charge in [0.15, 0.2) is 0 Å². The molecule has 1 atom stereocenters. The van der Waals surface area contributed by atoms with Gasteiger partial charge in [0, 0.05) is 24.5 Å². The van der Waals surface area contributed by atoms with E-state index in [1.54, 1.807) is 30.3 Å². The van der Waals surface area contributed by atoms with Crippen LogP contribution in [0.5, 0.6) is 0 Å². The maximum atomic E-state index is 12.7. The summed E-state index contributed by atoms with van der Waals surface area (Å²) in [5.74, 6) is -0.365. The number of hydrogen-bond donors (Lipinski definition) is 2. The number of amides is 2. The van der Waals surface area contributed by atoms with Crippen LogP contribution in [0.3, 0.4) is 0 Å². The van der Waals surface area contributed by atoms with Gasteiger partial charge in [-0.05, 0) is 30.2 Å². The number of H-pyrrole nitrogens is 1. The number of nitrogens with zero attached hydrogens (tertiary/aromatic N) is 2. The van der Waals surface area contributed by atoms with Crippen LogP contribution >= 0.6 is 0 Å². The topological polar surface area (TPSA) is 78.1 Å². The lowest BCUT2D eigenvalue weighted by molar-refractivity contribution is -0.132. The first-order chi connectivity index (χ1) is 12.6. The fraction of sp³-hybridized carbons (Fsp3) is 0.250. The minimum atomic E-state index is -0.559.